The first-order valence-corrected chi connectivity index (χ1v) is 7.45. The molecule has 0 aromatic carbocycles. The van der Waals surface area contributed by atoms with Crippen molar-refractivity contribution in [3.8, 4) is 0 Å². The molecule has 1 heterocycles. The van der Waals surface area contributed by atoms with Gasteiger partial charge in [0.25, 0.3) is 0 Å². The van der Waals surface area contributed by atoms with Crippen LogP contribution in [0.2, 0.25) is 0 Å². The number of likely N-dealkylation sites (N-methyl/N-ethyl adjacent to an activating group) is 1. The molecule has 1 aliphatic rings. The molecular formula is C14H31N3O. The highest BCUT2D eigenvalue weighted by molar-refractivity contribution is 4.76. The summed E-state index contributed by atoms with van der Waals surface area (Å²) in [5.41, 5.74) is 0. The van der Waals surface area contributed by atoms with Crippen LogP contribution in [-0.2, 0) is 4.74 Å². The van der Waals surface area contributed by atoms with Crippen LogP contribution in [0.25, 0.3) is 0 Å². The Morgan fingerprint density at radius 3 is 2.78 bits per heavy atom. The summed E-state index contributed by atoms with van der Waals surface area (Å²) in [6, 6.07) is 0.699. The van der Waals surface area contributed by atoms with E-state index in [1.54, 1.807) is 0 Å². The van der Waals surface area contributed by atoms with E-state index in [4.69, 9.17) is 4.74 Å². The molecule has 0 bridgehead atoms. The Balaban J connectivity index is 1.89. The Labute approximate surface area is 113 Å². The van der Waals surface area contributed by atoms with Gasteiger partial charge in [0.1, 0.15) is 0 Å². The van der Waals surface area contributed by atoms with Gasteiger partial charge in [-0.3, -0.25) is 4.90 Å². The number of hydrogen-bond acceptors (Lipinski definition) is 4. The van der Waals surface area contributed by atoms with Crippen molar-refractivity contribution in [2.24, 2.45) is 0 Å². The first kappa shape index (κ1) is 15.9. The Bertz CT molecular complexity index is 201. The van der Waals surface area contributed by atoms with Crippen molar-refractivity contribution in [2.75, 3.05) is 59.5 Å². The Kier molecular flexibility index (Phi) is 8.59. The lowest BCUT2D eigenvalue weighted by Gasteiger charge is -2.37. The van der Waals surface area contributed by atoms with E-state index in [1.807, 2.05) is 0 Å². The zero-order valence-electron chi connectivity index (χ0n) is 12.5. The number of rotatable bonds is 9. The Morgan fingerprint density at radius 2 is 2.06 bits per heavy atom. The number of nitrogens with one attached hydrogen (secondary N) is 1. The molecule has 1 rings (SSSR count). The van der Waals surface area contributed by atoms with E-state index < -0.39 is 0 Å². The smallest absolute Gasteiger partial charge is 0.0466 e. The van der Waals surface area contributed by atoms with E-state index in [0.29, 0.717) is 6.04 Å². The van der Waals surface area contributed by atoms with E-state index in [0.717, 1.165) is 26.3 Å². The lowest BCUT2D eigenvalue weighted by molar-refractivity contribution is 0.106. The second-order valence-electron chi connectivity index (χ2n) is 5.28. The van der Waals surface area contributed by atoms with Crippen LogP contribution in [0.4, 0.5) is 0 Å². The van der Waals surface area contributed by atoms with Crippen LogP contribution in [0.15, 0.2) is 0 Å². The third kappa shape index (κ3) is 6.69. The second-order valence-corrected chi connectivity index (χ2v) is 5.28. The molecule has 4 heteroatoms. The van der Waals surface area contributed by atoms with Gasteiger partial charge in [-0.05, 0) is 40.3 Å². The van der Waals surface area contributed by atoms with Gasteiger partial charge in [0, 0.05) is 52.0 Å². The quantitative estimate of drug-likeness (QED) is 0.624. The maximum atomic E-state index is 5.32. The zero-order valence-corrected chi connectivity index (χ0v) is 12.5. The molecular weight excluding hydrogens is 226 g/mol. The highest BCUT2D eigenvalue weighted by Crippen LogP contribution is 2.05. The van der Waals surface area contributed by atoms with Gasteiger partial charge < -0.3 is 15.0 Å². The van der Waals surface area contributed by atoms with Crippen LogP contribution in [0.5, 0.6) is 0 Å². The minimum Gasteiger partial charge on any atom is -0.382 e. The summed E-state index contributed by atoms with van der Waals surface area (Å²) in [5, 5.41) is 3.52. The Hall–Kier alpha value is -0.160. The predicted molar refractivity (Wildman–Crippen MR) is 77.1 cm³/mol. The van der Waals surface area contributed by atoms with Crippen LogP contribution in [0, 0.1) is 0 Å². The fourth-order valence-corrected chi connectivity index (χ4v) is 2.29. The average molecular weight is 257 g/mol. The molecule has 1 aliphatic heterocycles. The number of hydrogen-bond donors (Lipinski definition) is 1. The van der Waals surface area contributed by atoms with Crippen LogP contribution < -0.4 is 5.32 Å². The molecule has 1 atom stereocenters. The lowest BCUT2D eigenvalue weighted by Crippen LogP contribution is -2.51. The van der Waals surface area contributed by atoms with Crippen LogP contribution in [0.3, 0.4) is 0 Å². The summed E-state index contributed by atoms with van der Waals surface area (Å²) < 4.78 is 5.32. The number of ether oxygens (including phenoxy) is 1. The highest BCUT2D eigenvalue weighted by atomic mass is 16.5. The van der Waals surface area contributed by atoms with Crippen molar-refractivity contribution in [1.29, 1.82) is 0 Å². The molecule has 0 amide bonds. The van der Waals surface area contributed by atoms with Crippen molar-refractivity contribution in [1.82, 2.24) is 15.1 Å². The fourth-order valence-electron chi connectivity index (χ4n) is 2.29. The summed E-state index contributed by atoms with van der Waals surface area (Å²) in [6.07, 6.45) is 2.39. The van der Waals surface area contributed by atoms with Gasteiger partial charge in [0.15, 0.2) is 0 Å². The normalized spacial score (nSPS) is 22.5. The molecule has 1 N–H and O–H groups in total. The third-order valence-electron chi connectivity index (χ3n) is 3.74. The van der Waals surface area contributed by atoms with Crippen molar-refractivity contribution in [2.45, 2.75) is 32.7 Å². The number of piperazine rings is 1. The van der Waals surface area contributed by atoms with Gasteiger partial charge in [0.05, 0.1) is 0 Å². The molecule has 0 saturated carbocycles. The summed E-state index contributed by atoms with van der Waals surface area (Å²) in [5.74, 6) is 0. The minimum atomic E-state index is 0.699. The van der Waals surface area contributed by atoms with E-state index in [9.17, 15) is 0 Å². The van der Waals surface area contributed by atoms with Crippen molar-refractivity contribution in [3.63, 3.8) is 0 Å². The topological polar surface area (TPSA) is 27.7 Å². The summed E-state index contributed by atoms with van der Waals surface area (Å²) in [7, 11) is 2.22. The van der Waals surface area contributed by atoms with Gasteiger partial charge in [-0.2, -0.15) is 0 Å². The predicted octanol–water partition coefficient (Wildman–Crippen LogP) is 1.03. The number of nitrogens with zero attached hydrogens (tertiary/aromatic N) is 2. The van der Waals surface area contributed by atoms with Gasteiger partial charge in [-0.1, -0.05) is 0 Å². The zero-order chi connectivity index (χ0) is 13.2. The van der Waals surface area contributed by atoms with Crippen LogP contribution in [0.1, 0.15) is 26.7 Å². The van der Waals surface area contributed by atoms with Gasteiger partial charge in [-0.15, -0.1) is 0 Å². The molecule has 1 unspecified atom stereocenters. The summed E-state index contributed by atoms with van der Waals surface area (Å²) in [4.78, 5) is 5.01. The van der Waals surface area contributed by atoms with Gasteiger partial charge in [-0.25, -0.2) is 0 Å². The second kappa shape index (κ2) is 9.73. The monoisotopic (exact) mass is 257 g/mol. The maximum Gasteiger partial charge on any atom is 0.0466 e. The lowest BCUT2D eigenvalue weighted by atomic mass is 10.2. The van der Waals surface area contributed by atoms with Crippen molar-refractivity contribution >= 4 is 0 Å². The SMILES string of the molecule is CCOCCCCNCCN1CCN(C)C(C)C1. The van der Waals surface area contributed by atoms with Gasteiger partial charge in [0.2, 0.25) is 0 Å². The molecule has 18 heavy (non-hydrogen) atoms. The first-order valence-electron chi connectivity index (χ1n) is 7.45. The largest absolute Gasteiger partial charge is 0.382 e. The van der Waals surface area contributed by atoms with E-state index in [2.05, 4.69) is 36.0 Å². The molecule has 0 radical (unpaired) electrons. The molecule has 1 saturated heterocycles. The van der Waals surface area contributed by atoms with Gasteiger partial charge >= 0.3 is 0 Å². The molecule has 0 aliphatic carbocycles. The van der Waals surface area contributed by atoms with Crippen LogP contribution >= 0.6 is 0 Å². The highest BCUT2D eigenvalue weighted by Gasteiger charge is 2.19. The third-order valence-corrected chi connectivity index (χ3v) is 3.74. The molecule has 108 valence electrons. The average Bonchev–Trinajstić information content (AvgIpc) is 2.37. The van der Waals surface area contributed by atoms with Crippen LogP contribution in [-0.4, -0.2) is 75.4 Å². The Morgan fingerprint density at radius 1 is 1.22 bits per heavy atom. The van der Waals surface area contributed by atoms with Crippen molar-refractivity contribution < 1.29 is 4.74 Å². The first-order chi connectivity index (χ1) is 8.74. The maximum absolute atomic E-state index is 5.32. The number of unbranched alkanes of at least 4 members (excludes halogenated alkanes) is 1. The molecule has 0 aromatic heterocycles. The molecule has 1 fully saturated rings. The summed E-state index contributed by atoms with van der Waals surface area (Å²) >= 11 is 0. The molecule has 4 nitrogen and oxygen atoms in total. The van der Waals surface area contributed by atoms with E-state index >= 15 is 0 Å². The molecule has 0 spiro atoms. The summed E-state index contributed by atoms with van der Waals surface area (Å²) in [6.45, 7) is 13.2. The standard InChI is InChI=1S/C14H31N3O/c1-4-18-12-6-5-7-15-8-9-17-11-10-16(3)14(2)13-17/h14-15H,4-13H2,1-3H3. The molecule has 0 aromatic rings. The van der Waals surface area contributed by atoms with Crippen molar-refractivity contribution in [3.05, 3.63) is 0 Å². The minimum absolute atomic E-state index is 0.699. The van der Waals surface area contributed by atoms with E-state index in [-0.39, 0.29) is 0 Å². The van der Waals surface area contributed by atoms with E-state index in [1.165, 1.54) is 39.0 Å². The fraction of sp³-hybridized carbons (Fsp3) is 1.00.